The monoisotopic (exact) mass is 1090 g/mol. The number of hydrogen-bond donors (Lipinski definition) is 3. The van der Waals surface area contributed by atoms with Gasteiger partial charge in [-0.15, -0.1) is 0 Å². The molecule has 406 valence electrons. The number of urea groups is 1. The summed E-state index contributed by atoms with van der Waals surface area (Å²) in [4.78, 5) is 46.0. The summed E-state index contributed by atoms with van der Waals surface area (Å²) < 4.78 is 57.5. The van der Waals surface area contributed by atoms with Crippen LogP contribution in [-0.2, 0) is 54.5 Å². The molecule has 0 unspecified atom stereocenters. The van der Waals surface area contributed by atoms with Crippen LogP contribution >= 0.6 is 0 Å². The molecule has 0 aliphatic heterocycles. The van der Waals surface area contributed by atoms with Gasteiger partial charge in [0.25, 0.3) is 0 Å². The summed E-state index contributed by atoms with van der Waals surface area (Å²) in [5.41, 5.74) is 0.704. The highest BCUT2D eigenvalue weighted by molar-refractivity contribution is 6.88. The fourth-order valence-corrected chi connectivity index (χ4v) is 35.6. The number of alkyl carbamates (subject to hydrolysis) is 1. The van der Waals surface area contributed by atoms with Crippen molar-refractivity contribution in [1.29, 1.82) is 0 Å². The molecule has 0 radical (unpaired) electrons. The maximum absolute atomic E-state index is 11.9. The van der Waals surface area contributed by atoms with E-state index in [2.05, 4.69) is 122 Å². The van der Waals surface area contributed by atoms with Crippen molar-refractivity contribution in [3.8, 4) is 0 Å². The summed E-state index contributed by atoms with van der Waals surface area (Å²) in [7, 11) is -11.4. The van der Waals surface area contributed by atoms with Crippen LogP contribution in [0, 0.1) is 0 Å². The Bertz CT molecular complexity index is 1490. The molecule has 0 aromatic rings. The van der Waals surface area contributed by atoms with Crippen LogP contribution in [0.25, 0.3) is 0 Å². The second-order valence-electron chi connectivity index (χ2n) is 20.6. The molecule has 0 spiro atoms. The third-order valence-corrected chi connectivity index (χ3v) is 32.7. The number of esters is 2. The van der Waals surface area contributed by atoms with Crippen LogP contribution in [0.2, 0.25) is 103 Å². The van der Waals surface area contributed by atoms with E-state index in [-0.39, 0.29) is 39.1 Å². The van der Waals surface area contributed by atoms with Crippen molar-refractivity contribution in [2.45, 2.75) is 169 Å². The quantitative estimate of drug-likeness (QED) is 0.0173. The lowest BCUT2D eigenvalue weighted by molar-refractivity contribution is -0.141. The molecule has 0 saturated carbocycles. The Balaban J connectivity index is 0. The van der Waals surface area contributed by atoms with E-state index < -0.39 is 68.4 Å². The number of ether oxygens (including phenoxy) is 6. The first-order valence-corrected chi connectivity index (χ1v) is 43.1. The average molecular weight is 1090 g/mol. The third kappa shape index (κ3) is 43.3. The van der Waals surface area contributed by atoms with Crippen LogP contribution in [-0.4, -0.2) is 154 Å². The van der Waals surface area contributed by atoms with Gasteiger partial charge in [0.2, 0.25) is 0 Å². The van der Waals surface area contributed by atoms with Gasteiger partial charge in [0.05, 0.1) is 33.0 Å². The van der Waals surface area contributed by atoms with E-state index in [1.807, 2.05) is 0 Å². The first kappa shape index (κ1) is 69.1. The third-order valence-electron chi connectivity index (χ3n) is 9.79. The van der Waals surface area contributed by atoms with Crippen LogP contribution < -0.4 is 16.0 Å². The van der Waals surface area contributed by atoms with Gasteiger partial charge < -0.3 is 60.8 Å². The molecule has 0 atom stereocenters. The zero-order chi connectivity index (χ0) is 53.2. The molecule has 0 aromatic carbocycles. The number of nitrogens with one attached hydrogen (secondary N) is 3. The number of hydrogen-bond acceptors (Lipinski definition) is 14. The van der Waals surface area contributed by atoms with Gasteiger partial charge >= 0.3 is 41.2 Å². The van der Waals surface area contributed by atoms with E-state index in [1.54, 1.807) is 13.8 Å². The fraction of sp³-hybridized carbons (Fsp3) is 0.826. The lowest BCUT2D eigenvalue weighted by atomic mass is 10.4. The minimum absolute atomic E-state index is 0.144. The lowest BCUT2D eigenvalue weighted by Gasteiger charge is -2.39. The highest BCUT2D eigenvalue weighted by Crippen LogP contribution is 2.28. The molecule has 0 fully saturated rings. The minimum Gasteiger partial charge on any atom is -0.460 e. The molecule has 3 amide bonds. The summed E-state index contributed by atoms with van der Waals surface area (Å²) in [5.74, 6) is -0.871. The summed E-state index contributed by atoms with van der Waals surface area (Å²) in [6.07, 6.45) is 6.10. The van der Waals surface area contributed by atoms with Gasteiger partial charge in [0.1, 0.15) is 19.8 Å². The molecule has 0 rings (SSSR count). The van der Waals surface area contributed by atoms with Gasteiger partial charge in [-0.1, -0.05) is 52.7 Å². The molecule has 17 nitrogen and oxygen atoms in total. The number of carbonyl (C=O) groups is 4. The van der Waals surface area contributed by atoms with Crippen LogP contribution in [0.5, 0.6) is 0 Å². The molecule has 0 aromatic heterocycles. The van der Waals surface area contributed by atoms with E-state index in [9.17, 15) is 19.2 Å². The molecule has 0 aliphatic carbocycles. The van der Waals surface area contributed by atoms with E-state index in [0.29, 0.717) is 57.2 Å². The molecule has 3 N–H and O–H groups in total. The van der Waals surface area contributed by atoms with Crippen molar-refractivity contribution >= 4 is 74.5 Å². The van der Waals surface area contributed by atoms with E-state index >= 15 is 0 Å². The Morgan fingerprint density at radius 1 is 0.406 bits per heavy atom. The predicted octanol–water partition coefficient (Wildman–Crippen LogP) is 9.96. The topological polar surface area (TPSA) is 197 Å². The zero-order valence-electron chi connectivity index (χ0n) is 46.2. The first-order valence-electron chi connectivity index (χ1n) is 25.0. The molecule has 0 bridgehead atoms. The first-order chi connectivity index (χ1) is 31.9. The number of carbonyl (C=O) groups excluding carboxylic acids is 4. The van der Waals surface area contributed by atoms with Gasteiger partial charge in [-0.05, 0) is 129 Å². The molecule has 23 heteroatoms. The summed E-state index contributed by atoms with van der Waals surface area (Å²) in [5, 5.41) is 8.22. The summed E-state index contributed by atoms with van der Waals surface area (Å²) in [6, 6.07) is 4.11. The van der Waals surface area contributed by atoms with Crippen LogP contribution in [0.3, 0.4) is 0 Å². The van der Waals surface area contributed by atoms with E-state index in [4.69, 9.17) is 44.9 Å². The summed E-state index contributed by atoms with van der Waals surface area (Å²) >= 11 is 0. The minimum atomic E-state index is -2.17. The van der Waals surface area contributed by atoms with Gasteiger partial charge in [-0.3, -0.25) is 0 Å². The Kier molecular flexibility index (Phi) is 36.9. The smallest absolute Gasteiger partial charge is 0.407 e. The zero-order valence-corrected chi connectivity index (χ0v) is 52.2. The number of amides is 3. The van der Waals surface area contributed by atoms with Gasteiger partial charge in [0.15, 0.2) is 33.3 Å². The van der Waals surface area contributed by atoms with Crippen molar-refractivity contribution in [3.05, 3.63) is 24.3 Å². The molecular formula is C46H99N3O14Si6. The molecule has 0 saturated heterocycles. The van der Waals surface area contributed by atoms with Crippen LogP contribution in [0.4, 0.5) is 9.59 Å². The molecule has 0 heterocycles. The van der Waals surface area contributed by atoms with Crippen molar-refractivity contribution in [2.24, 2.45) is 0 Å². The highest BCUT2D eigenvalue weighted by atomic mass is 28.5. The van der Waals surface area contributed by atoms with Crippen LogP contribution in [0.15, 0.2) is 24.3 Å². The SMILES string of the molecule is C=C(C)C(=O)OCCOCCNC(=O)NCCC[Si](C)(C)O[Si](C)(C)O[Si](C)(C)CCCC.C=C(C)C(=O)OCCOCCNC(=O)OCCOCCC[Si](C)(C)O[Si](C)(C)O[Si](C)(C)CCCC. The largest absolute Gasteiger partial charge is 0.460 e. The standard InChI is InChI=1S/C24H51NO8Si3.C22H48N2O6Si3/c1-10-11-20-34(4,5)32-36(8,9)33-35(6,7)21-12-14-28-17-19-31-24(27)25-13-15-29-16-18-30-23(26)22(2)3;1-10-11-18-31(4,5)29-33(8,9)30-32(6,7)19-12-13-23-22(26)24-14-15-27-16-17-28-21(25)20(2)3/h2,10-21H2,1,3-9H3,(H,25,27);2,10-19H2,1,3-9H3,(H2,23,24,26). The fourth-order valence-electron chi connectivity index (χ4n) is 7.14. The summed E-state index contributed by atoms with van der Waals surface area (Å²) in [6.45, 7) is 45.4. The molecular weight excluding hydrogens is 987 g/mol. The maximum atomic E-state index is 11.9. The van der Waals surface area contributed by atoms with Crippen molar-refractivity contribution in [1.82, 2.24) is 16.0 Å². The van der Waals surface area contributed by atoms with Crippen molar-refractivity contribution in [3.63, 3.8) is 0 Å². The Morgan fingerprint density at radius 3 is 1.13 bits per heavy atom. The molecule has 0 aliphatic rings. The highest BCUT2D eigenvalue weighted by Gasteiger charge is 2.40. The van der Waals surface area contributed by atoms with E-state index in [1.165, 1.54) is 37.8 Å². The van der Waals surface area contributed by atoms with Gasteiger partial charge in [0, 0.05) is 37.4 Å². The maximum Gasteiger partial charge on any atom is 0.407 e. The second kappa shape index (κ2) is 36.8. The van der Waals surface area contributed by atoms with E-state index in [0.717, 1.165) is 24.9 Å². The molecule has 69 heavy (non-hydrogen) atoms. The Hall–Kier alpha value is -2.02. The lowest BCUT2D eigenvalue weighted by Crippen LogP contribution is -2.52. The Labute approximate surface area is 424 Å². The Morgan fingerprint density at radius 2 is 0.739 bits per heavy atom. The van der Waals surface area contributed by atoms with Crippen LogP contribution in [0.1, 0.15) is 66.2 Å². The van der Waals surface area contributed by atoms with Gasteiger partial charge in [-0.25, -0.2) is 19.2 Å². The van der Waals surface area contributed by atoms with Crippen molar-refractivity contribution < 1.29 is 64.1 Å². The predicted molar refractivity (Wildman–Crippen MR) is 292 cm³/mol. The van der Waals surface area contributed by atoms with Crippen molar-refractivity contribution in [2.75, 3.05) is 79.1 Å². The van der Waals surface area contributed by atoms with Gasteiger partial charge in [-0.2, -0.15) is 0 Å². The second-order valence-corrected chi connectivity index (χ2v) is 45.5. The average Bonchev–Trinajstić information content (AvgIpc) is 3.20. The number of rotatable bonds is 39. The normalized spacial score (nSPS) is 12.3. The number of unbranched alkanes of at least 4 members (excludes halogenated alkanes) is 2.